The molecule has 0 fully saturated rings. The van der Waals surface area contributed by atoms with Crippen LogP contribution in [0.15, 0.2) is 18.5 Å². The van der Waals surface area contributed by atoms with Crippen molar-refractivity contribution in [3.05, 3.63) is 24.0 Å². The Morgan fingerprint density at radius 1 is 1.53 bits per heavy atom. The van der Waals surface area contributed by atoms with Crippen molar-refractivity contribution in [1.82, 2.24) is 9.97 Å². The third-order valence-electron chi connectivity index (χ3n) is 3.15. The zero-order valence-electron chi connectivity index (χ0n) is 10.8. The van der Waals surface area contributed by atoms with E-state index in [4.69, 9.17) is 0 Å². The van der Waals surface area contributed by atoms with Gasteiger partial charge >= 0.3 is 5.97 Å². The van der Waals surface area contributed by atoms with Gasteiger partial charge in [0.05, 0.1) is 18.3 Å². The van der Waals surface area contributed by atoms with E-state index in [9.17, 15) is 15.0 Å². The van der Waals surface area contributed by atoms with Gasteiger partial charge < -0.3 is 20.5 Å². The number of aromatic amines is 1. The van der Waals surface area contributed by atoms with Crippen LogP contribution >= 0.6 is 0 Å². The summed E-state index contributed by atoms with van der Waals surface area (Å²) in [4.78, 5) is 18.3. The summed E-state index contributed by atoms with van der Waals surface area (Å²) in [5.74, 6) is -0.868. The Morgan fingerprint density at radius 3 is 2.84 bits per heavy atom. The third kappa shape index (κ3) is 2.53. The molecule has 102 valence electrons. The second-order valence-corrected chi connectivity index (χ2v) is 4.77. The predicted octanol–water partition coefficient (Wildman–Crippen LogP) is 1.69. The van der Waals surface area contributed by atoms with Crippen molar-refractivity contribution in [2.45, 2.75) is 19.9 Å². The highest BCUT2D eigenvalue weighted by Crippen LogP contribution is 2.27. The van der Waals surface area contributed by atoms with E-state index in [1.54, 1.807) is 12.3 Å². The van der Waals surface area contributed by atoms with Crippen molar-refractivity contribution in [2.24, 2.45) is 5.92 Å². The number of rotatable bonds is 5. The second kappa shape index (κ2) is 5.27. The van der Waals surface area contributed by atoms with E-state index in [0.717, 1.165) is 0 Å². The van der Waals surface area contributed by atoms with Gasteiger partial charge in [-0.05, 0) is 12.0 Å². The molecular formula is C13H17N3O3. The molecule has 6 nitrogen and oxygen atoms in total. The first-order chi connectivity index (χ1) is 9.04. The van der Waals surface area contributed by atoms with E-state index >= 15 is 0 Å². The number of H-pyrrole nitrogens is 1. The van der Waals surface area contributed by atoms with Crippen molar-refractivity contribution < 1.29 is 15.0 Å². The molecule has 0 radical (unpaired) electrons. The zero-order valence-corrected chi connectivity index (χ0v) is 10.8. The van der Waals surface area contributed by atoms with Gasteiger partial charge in [0, 0.05) is 17.8 Å². The Kier molecular flexibility index (Phi) is 3.71. The molecule has 0 saturated carbocycles. The molecule has 4 N–H and O–H groups in total. The molecule has 2 aromatic heterocycles. The molecule has 0 bridgehead atoms. The summed E-state index contributed by atoms with van der Waals surface area (Å²) in [6.45, 7) is 3.86. The summed E-state index contributed by atoms with van der Waals surface area (Å²) in [5.41, 5.74) is 1.21. The van der Waals surface area contributed by atoms with Crippen molar-refractivity contribution in [3.63, 3.8) is 0 Å². The Balaban J connectivity index is 2.51. The van der Waals surface area contributed by atoms with Gasteiger partial charge in [-0.3, -0.25) is 0 Å². The number of hydrogen-bond acceptors (Lipinski definition) is 4. The van der Waals surface area contributed by atoms with Crippen LogP contribution in [0.3, 0.4) is 0 Å². The van der Waals surface area contributed by atoms with Gasteiger partial charge in [-0.25, -0.2) is 9.78 Å². The SMILES string of the molecule is CC(C)[C@@H](CO)Nc1c(C(=O)O)cnc2[nH]ccc12. The molecule has 19 heavy (non-hydrogen) atoms. The van der Waals surface area contributed by atoms with Gasteiger partial charge in [-0.15, -0.1) is 0 Å². The van der Waals surface area contributed by atoms with E-state index in [0.29, 0.717) is 16.7 Å². The number of anilines is 1. The minimum absolute atomic E-state index is 0.0645. The number of pyridine rings is 1. The second-order valence-electron chi connectivity index (χ2n) is 4.77. The van der Waals surface area contributed by atoms with Crippen molar-refractivity contribution in [1.29, 1.82) is 0 Å². The highest BCUT2D eigenvalue weighted by molar-refractivity contribution is 6.03. The van der Waals surface area contributed by atoms with E-state index in [1.165, 1.54) is 6.20 Å². The van der Waals surface area contributed by atoms with Crippen LogP contribution in [0.25, 0.3) is 11.0 Å². The number of fused-ring (bicyclic) bond motifs is 1. The molecule has 0 aliphatic heterocycles. The number of aliphatic hydroxyl groups is 1. The van der Waals surface area contributed by atoms with Crippen molar-refractivity contribution >= 4 is 22.7 Å². The molecular weight excluding hydrogens is 246 g/mol. The maximum Gasteiger partial charge on any atom is 0.339 e. The normalized spacial score (nSPS) is 12.8. The fraction of sp³-hybridized carbons (Fsp3) is 0.385. The van der Waals surface area contributed by atoms with Gasteiger partial charge in [0.2, 0.25) is 0 Å². The predicted molar refractivity (Wildman–Crippen MR) is 72.4 cm³/mol. The molecule has 0 spiro atoms. The van der Waals surface area contributed by atoms with Gasteiger partial charge in [-0.1, -0.05) is 13.8 Å². The highest BCUT2D eigenvalue weighted by Gasteiger charge is 2.19. The maximum atomic E-state index is 11.3. The fourth-order valence-electron chi connectivity index (χ4n) is 1.93. The molecule has 1 atom stereocenters. The first kappa shape index (κ1) is 13.4. The highest BCUT2D eigenvalue weighted by atomic mass is 16.4. The van der Waals surface area contributed by atoms with E-state index < -0.39 is 5.97 Å². The number of aliphatic hydroxyl groups excluding tert-OH is 1. The topological polar surface area (TPSA) is 98.2 Å². The number of carboxylic acid groups (broad SMARTS) is 1. The quantitative estimate of drug-likeness (QED) is 0.658. The zero-order chi connectivity index (χ0) is 14.0. The summed E-state index contributed by atoms with van der Waals surface area (Å²) in [7, 11) is 0. The molecule has 2 rings (SSSR count). The molecule has 0 saturated heterocycles. The minimum Gasteiger partial charge on any atom is -0.478 e. The number of aromatic carboxylic acids is 1. The van der Waals surface area contributed by atoms with E-state index in [2.05, 4.69) is 15.3 Å². The number of nitrogens with one attached hydrogen (secondary N) is 2. The Hall–Kier alpha value is -2.08. The standard InChI is InChI=1S/C13H17N3O3/c1-7(2)10(6-17)16-11-8-3-4-14-12(8)15-5-9(11)13(18)19/h3-5,7,10,17H,6H2,1-2H3,(H,18,19)(H2,14,15,16)/t10-/m1/s1. The Bertz CT molecular complexity index is 592. The summed E-state index contributed by atoms with van der Waals surface area (Å²) in [5, 5.41) is 22.4. The minimum atomic E-state index is -1.04. The third-order valence-corrected chi connectivity index (χ3v) is 3.15. The van der Waals surface area contributed by atoms with Gasteiger partial charge in [0.1, 0.15) is 11.2 Å². The lowest BCUT2D eigenvalue weighted by Gasteiger charge is -2.22. The van der Waals surface area contributed by atoms with Crippen LogP contribution in [-0.4, -0.2) is 38.8 Å². The maximum absolute atomic E-state index is 11.3. The van der Waals surface area contributed by atoms with Crippen molar-refractivity contribution in [2.75, 3.05) is 11.9 Å². The molecule has 0 aliphatic carbocycles. The molecule has 2 heterocycles. The van der Waals surface area contributed by atoms with E-state index in [-0.39, 0.29) is 24.1 Å². The average Bonchev–Trinajstić information content (AvgIpc) is 2.83. The van der Waals surface area contributed by atoms with Gasteiger partial charge in [-0.2, -0.15) is 0 Å². The number of hydrogen-bond donors (Lipinski definition) is 4. The monoisotopic (exact) mass is 263 g/mol. The Labute approximate surface area is 110 Å². The van der Waals surface area contributed by atoms with Crippen LogP contribution in [0.4, 0.5) is 5.69 Å². The van der Waals surface area contributed by atoms with Crippen LogP contribution in [0.2, 0.25) is 0 Å². The van der Waals surface area contributed by atoms with Crippen LogP contribution in [0.5, 0.6) is 0 Å². The lowest BCUT2D eigenvalue weighted by atomic mass is 10.0. The van der Waals surface area contributed by atoms with Crippen LogP contribution < -0.4 is 5.32 Å². The number of aromatic nitrogens is 2. The number of carbonyl (C=O) groups is 1. The van der Waals surface area contributed by atoms with E-state index in [1.807, 2.05) is 13.8 Å². The van der Waals surface area contributed by atoms with Crippen molar-refractivity contribution in [3.8, 4) is 0 Å². The molecule has 0 unspecified atom stereocenters. The van der Waals surface area contributed by atoms with Gasteiger partial charge in [0.25, 0.3) is 0 Å². The molecule has 6 heteroatoms. The first-order valence-electron chi connectivity index (χ1n) is 6.11. The summed E-state index contributed by atoms with van der Waals surface area (Å²) in [6, 6.07) is 1.56. The number of nitrogens with zero attached hydrogens (tertiary/aromatic N) is 1. The molecule has 0 aromatic carbocycles. The summed E-state index contributed by atoms with van der Waals surface area (Å²) in [6.07, 6.45) is 3.02. The van der Waals surface area contributed by atoms with Crippen LogP contribution in [0, 0.1) is 5.92 Å². The molecule has 0 amide bonds. The Morgan fingerprint density at radius 2 is 2.26 bits per heavy atom. The van der Waals surface area contributed by atoms with Gasteiger partial charge in [0.15, 0.2) is 0 Å². The molecule has 2 aromatic rings. The van der Waals surface area contributed by atoms with Crippen LogP contribution in [-0.2, 0) is 0 Å². The summed E-state index contributed by atoms with van der Waals surface area (Å²) >= 11 is 0. The molecule has 0 aliphatic rings. The smallest absolute Gasteiger partial charge is 0.339 e. The van der Waals surface area contributed by atoms with Crippen LogP contribution in [0.1, 0.15) is 24.2 Å². The number of carboxylic acids is 1. The largest absolute Gasteiger partial charge is 0.478 e. The first-order valence-corrected chi connectivity index (χ1v) is 6.11. The average molecular weight is 263 g/mol. The lowest BCUT2D eigenvalue weighted by molar-refractivity contribution is 0.0697. The summed E-state index contributed by atoms with van der Waals surface area (Å²) < 4.78 is 0. The fourth-order valence-corrected chi connectivity index (χ4v) is 1.93. The lowest BCUT2D eigenvalue weighted by Crippen LogP contribution is -2.30.